The van der Waals surface area contributed by atoms with E-state index in [1.165, 1.54) is 19.2 Å². The number of fused-ring (bicyclic) bond motifs is 1. The van der Waals surface area contributed by atoms with Gasteiger partial charge in [0, 0.05) is 6.54 Å². The molecule has 2 aliphatic rings. The van der Waals surface area contributed by atoms with Crippen LogP contribution in [0.1, 0.15) is 50.4 Å². The van der Waals surface area contributed by atoms with Crippen LogP contribution in [0.2, 0.25) is 0 Å². The quantitative estimate of drug-likeness (QED) is 0.883. The van der Waals surface area contributed by atoms with E-state index in [4.69, 9.17) is 4.74 Å². The summed E-state index contributed by atoms with van der Waals surface area (Å²) in [5.74, 6) is 1.40. The molecule has 1 saturated carbocycles. The zero-order chi connectivity index (χ0) is 17.3. The number of aryl methyl sites for hydroxylation is 1. The molecule has 0 radical (unpaired) electrons. The van der Waals surface area contributed by atoms with Crippen molar-refractivity contribution in [3.63, 3.8) is 0 Å². The summed E-state index contributed by atoms with van der Waals surface area (Å²) in [7, 11) is -3.61. The van der Waals surface area contributed by atoms with E-state index in [1.54, 1.807) is 28.9 Å². The third-order valence-corrected chi connectivity index (χ3v) is 6.34. The smallest absolute Gasteiger partial charge is 0.241 e. The van der Waals surface area contributed by atoms with Crippen molar-refractivity contribution in [2.24, 2.45) is 0 Å². The average Bonchev–Trinajstić information content (AvgIpc) is 3.27. The summed E-state index contributed by atoms with van der Waals surface area (Å²) >= 11 is 0. The standard InChI is InChI=1S/C17H22N4O3S/c22-25(23,20-16-6-3-11-21-17(16)18-12-19-21)15-9-7-14(8-10-15)24-13-4-1-2-5-13/h7-10,12-13,16,20H,1-6,11H2. The van der Waals surface area contributed by atoms with Gasteiger partial charge < -0.3 is 4.74 Å². The summed E-state index contributed by atoms with van der Waals surface area (Å²) in [6.07, 6.45) is 7.87. The summed E-state index contributed by atoms with van der Waals surface area (Å²) in [6.45, 7) is 0.779. The molecule has 1 aliphatic carbocycles. The second-order valence-corrected chi connectivity index (χ2v) is 8.37. The molecule has 0 spiro atoms. The number of aromatic nitrogens is 3. The van der Waals surface area contributed by atoms with Gasteiger partial charge in [-0.25, -0.2) is 22.8 Å². The molecule has 0 saturated heterocycles. The first-order valence-electron chi connectivity index (χ1n) is 8.78. The van der Waals surface area contributed by atoms with E-state index in [9.17, 15) is 8.42 Å². The zero-order valence-corrected chi connectivity index (χ0v) is 14.8. The maximum atomic E-state index is 12.7. The highest BCUT2D eigenvalue weighted by atomic mass is 32.2. The van der Waals surface area contributed by atoms with Crippen molar-refractivity contribution in [3.8, 4) is 5.75 Å². The molecule has 1 aliphatic heterocycles. The fourth-order valence-corrected chi connectivity index (χ4v) is 4.78. The van der Waals surface area contributed by atoms with Gasteiger partial charge in [0.15, 0.2) is 0 Å². The van der Waals surface area contributed by atoms with E-state index in [2.05, 4.69) is 14.8 Å². The Morgan fingerprint density at radius 3 is 2.60 bits per heavy atom. The third kappa shape index (κ3) is 3.55. The van der Waals surface area contributed by atoms with E-state index in [0.717, 1.165) is 38.0 Å². The molecule has 25 heavy (non-hydrogen) atoms. The number of nitrogens with one attached hydrogen (secondary N) is 1. The van der Waals surface area contributed by atoms with Crippen LogP contribution in [0.3, 0.4) is 0 Å². The van der Waals surface area contributed by atoms with Crippen LogP contribution in [0, 0.1) is 0 Å². The molecule has 1 N–H and O–H groups in total. The lowest BCUT2D eigenvalue weighted by Gasteiger charge is -2.23. The first-order chi connectivity index (χ1) is 12.1. The number of hydrogen-bond acceptors (Lipinski definition) is 5. The number of benzene rings is 1. The predicted molar refractivity (Wildman–Crippen MR) is 91.6 cm³/mol. The molecule has 0 bridgehead atoms. The van der Waals surface area contributed by atoms with Gasteiger partial charge >= 0.3 is 0 Å². The number of nitrogens with zero attached hydrogens (tertiary/aromatic N) is 3. The maximum Gasteiger partial charge on any atom is 0.241 e. The lowest BCUT2D eigenvalue weighted by atomic mass is 10.1. The van der Waals surface area contributed by atoms with Gasteiger partial charge in [-0.05, 0) is 62.8 Å². The molecular weight excluding hydrogens is 340 g/mol. The molecule has 1 unspecified atom stereocenters. The maximum absolute atomic E-state index is 12.7. The summed E-state index contributed by atoms with van der Waals surface area (Å²) in [6, 6.07) is 6.32. The van der Waals surface area contributed by atoms with Gasteiger partial charge in [0.05, 0.1) is 17.0 Å². The molecule has 1 aromatic carbocycles. The first-order valence-corrected chi connectivity index (χ1v) is 10.3. The number of hydrogen-bond donors (Lipinski definition) is 1. The monoisotopic (exact) mass is 362 g/mol. The minimum absolute atomic E-state index is 0.239. The van der Waals surface area contributed by atoms with E-state index >= 15 is 0 Å². The van der Waals surface area contributed by atoms with Crippen molar-refractivity contribution >= 4 is 10.0 Å². The summed E-state index contributed by atoms with van der Waals surface area (Å²) in [5, 5.41) is 4.12. The minimum atomic E-state index is -3.61. The second-order valence-electron chi connectivity index (χ2n) is 6.65. The van der Waals surface area contributed by atoms with Crippen molar-refractivity contribution in [3.05, 3.63) is 36.4 Å². The highest BCUT2D eigenvalue weighted by molar-refractivity contribution is 7.89. The molecule has 1 atom stereocenters. The lowest BCUT2D eigenvalue weighted by molar-refractivity contribution is 0.210. The average molecular weight is 362 g/mol. The van der Waals surface area contributed by atoms with Crippen LogP contribution in [0.25, 0.3) is 0 Å². The molecule has 2 heterocycles. The van der Waals surface area contributed by atoms with Crippen LogP contribution in [-0.2, 0) is 16.6 Å². The van der Waals surface area contributed by atoms with E-state index < -0.39 is 10.0 Å². The number of rotatable bonds is 5. The van der Waals surface area contributed by atoms with Crippen LogP contribution < -0.4 is 9.46 Å². The molecule has 8 heteroatoms. The highest BCUT2D eigenvalue weighted by Crippen LogP contribution is 2.27. The van der Waals surface area contributed by atoms with Gasteiger partial charge in [0.1, 0.15) is 17.9 Å². The van der Waals surface area contributed by atoms with Crippen LogP contribution in [0.5, 0.6) is 5.75 Å². The van der Waals surface area contributed by atoms with Crippen molar-refractivity contribution in [2.45, 2.75) is 62.1 Å². The fourth-order valence-electron chi connectivity index (χ4n) is 3.55. The SMILES string of the molecule is O=S(=O)(NC1CCCn2ncnc21)c1ccc(OC2CCCC2)cc1. The van der Waals surface area contributed by atoms with Crippen molar-refractivity contribution in [1.82, 2.24) is 19.5 Å². The Hall–Kier alpha value is -1.93. The first kappa shape index (κ1) is 16.5. The molecule has 2 aromatic rings. The molecule has 4 rings (SSSR count). The molecule has 7 nitrogen and oxygen atoms in total. The third-order valence-electron chi connectivity index (χ3n) is 4.86. The lowest BCUT2D eigenvalue weighted by Crippen LogP contribution is -2.33. The van der Waals surface area contributed by atoms with Gasteiger partial charge in [-0.2, -0.15) is 5.10 Å². The number of ether oxygens (including phenoxy) is 1. The highest BCUT2D eigenvalue weighted by Gasteiger charge is 2.27. The Labute approximate surface area is 147 Å². The van der Waals surface area contributed by atoms with Crippen LogP contribution in [0.4, 0.5) is 0 Å². The zero-order valence-electron chi connectivity index (χ0n) is 14.0. The van der Waals surface area contributed by atoms with Crippen molar-refractivity contribution < 1.29 is 13.2 Å². The van der Waals surface area contributed by atoms with Crippen molar-refractivity contribution in [2.75, 3.05) is 0 Å². The Morgan fingerprint density at radius 2 is 1.84 bits per heavy atom. The molecule has 0 amide bonds. The largest absolute Gasteiger partial charge is 0.490 e. The fraction of sp³-hybridized carbons (Fsp3) is 0.529. The topological polar surface area (TPSA) is 86.1 Å². The Bertz CT molecular complexity index is 826. The Morgan fingerprint density at radius 1 is 1.08 bits per heavy atom. The summed E-state index contributed by atoms with van der Waals surface area (Å²) in [4.78, 5) is 4.43. The van der Waals surface area contributed by atoms with Gasteiger partial charge in [-0.15, -0.1) is 0 Å². The van der Waals surface area contributed by atoms with Crippen LogP contribution in [0.15, 0.2) is 35.5 Å². The minimum Gasteiger partial charge on any atom is -0.490 e. The van der Waals surface area contributed by atoms with Crippen LogP contribution >= 0.6 is 0 Å². The van der Waals surface area contributed by atoms with Gasteiger partial charge in [0.2, 0.25) is 10.0 Å². The molecular formula is C17H22N4O3S. The number of sulfonamides is 1. The van der Waals surface area contributed by atoms with Crippen LogP contribution in [-0.4, -0.2) is 29.3 Å². The van der Waals surface area contributed by atoms with E-state index in [1.807, 2.05) is 0 Å². The normalized spacial score (nSPS) is 21.2. The van der Waals surface area contributed by atoms with E-state index in [0.29, 0.717) is 5.82 Å². The Balaban J connectivity index is 1.47. The van der Waals surface area contributed by atoms with Crippen molar-refractivity contribution in [1.29, 1.82) is 0 Å². The predicted octanol–water partition coefficient (Wildman–Crippen LogP) is 2.41. The summed E-state index contributed by atoms with van der Waals surface area (Å²) < 4.78 is 35.8. The van der Waals surface area contributed by atoms with Gasteiger partial charge in [0.25, 0.3) is 0 Å². The van der Waals surface area contributed by atoms with E-state index in [-0.39, 0.29) is 17.0 Å². The molecule has 1 fully saturated rings. The second kappa shape index (κ2) is 6.76. The Kier molecular flexibility index (Phi) is 4.47. The molecule has 134 valence electrons. The summed E-state index contributed by atoms with van der Waals surface area (Å²) in [5.41, 5.74) is 0. The van der Waals surface area contributed by atoms with Gasteiger partial charge in [-0.3, -0.25) is 0 Å². The van der Waals surface area contributed by atoms with Gasteiger partial charge in [-0.1, -0.05) is 0 Å². The molecule has 1 aromatic heterocycles.